The second-order valence-corrected chi connectivity index (χ2v) is 10.2. The summed E-state index contributed by atoms with van der Waals surface area (Å²) in [6.07, 6.45) is 1.56. The van der Waals surface area contributed by atoms with Crippen LogP contribution in [0.3, 0.4) is 0 Å². The van der Waals surface area contributed by atoms with Gasteiger partial charge in [0.1, 0.15) is 6.23 Å². The number of aryl methyl sites for hydroxylation is 1. The van der Waals surface area contributed by atoms with Gasteiger partial charge in [-0.3, -0.25) is 4.90 Å². The highest BCUT2D eigenvalue weighted by Crippen LogP contribution is 2.32. The van der Waals surface area contributed by atoms with E-state index < -0.39 is 17.6 Å². The molecule has 1 aliphatic rings. The van der Waals surface area contributed by atoms with Crippen molar-refractivity contribution in [3.63, 3.8) is 0 Å². The number of ether oxygens (including phenoxy) is 4. The van der Waals surface area contributed by atoms with Gasteiger partial charge in [-0.2, -0.15) is 0 Å². The number of nitrogens with zero attached hydrogens (tertiary/aromatic N) is 3. The summed E-state index contributed by atoms with van der Waals surface area (Å²) in [6, 6.07) is 4.70. The van der Waals surface area contributed by atoms with E-state index >= 15 is 0 Å². The Morgan fingerprint density at radius 3 is 2.78 bits per heavy atom. The normalized spacial score (nSPS) is 16.8. The quantitative estimate of drug-likeness (QED) is 0.280. The fourth-order valence-corrected chi connectivity index (χ4v) is 4.64. The molecule has 2 heterocycles. The zero-order valence-electron chi connectivity index (χ0n) is 21.7. The van der Waals surface area contributed by atoms with E-state index in [-0.39, 0.29) is 24.3 Å². The van der Waals surface area contributed by atoms with Gasteiger partial charge < -0.3 is 23.8 Å². The van der Waals surface area contributed by atoms with Crippen LogP contribution in [0.25, 0.3) is 0 Å². The number of thiazole rings is 1. The first-order valence-electron chi connectivity index (χ1n) is 11.8. The third kappa shape index (κ3) is 7.64. The number of rotatable bonds is 9. The lowest BCUT2D eigenvalue weighted by molar-refractivity contribution is -0.272. The number of anilines is 1. The first-order chi connectivity index (χ1) is 17.1. The van der Waals surface area contributed by atoms with Crippen LogP contribution in [-0.2, 0) is 20.6 Å². The van der Waals surface area contributed by atoms with E-state index in [0.717, 1.165) is 4.88 Å². The van der Waals surface area contributed by atoms with Crippen LogP contribution < -0.4 is 9.64 Å². The van der Waals surface area contributed by atoms with Gasteiger partial charge >= 0.3 is 5.97 Å². The van der Waals surface area contributed by atoms with E-state index in [0.29, 0.717) is 43.1 Å². The van der Waals surface area contributed by atoms with Crippen molar-refractivity contribution >= 4 is 22.4 Å². The summed E-state index contributed by atoms with van der Waals surface area (Å²) in [7, 11) is 7.06. The lowest BCUT2D eigenvalue weighted by atomic mass is 10.2. The van der Waals surface area contributed by atoms with Crippen LogP contribution in [-0.4, -0.2) is 75.9 Å². The molecule has 196 valence electrons. The van der Waals surface area contributed by atoms with Gasteiger partial charge in [-0.25, -0.2) is 14.2 Å². The van der Waals surface area contributed by atoms with Crippen molar-refractivity contribution in [3.05, 3.63) is 40.2 Å². The number of halogens is 1. The molecule has 0 amide bonds. The Bertz CT molecular complexity index is 1110. The molecule has 1 fully saturated rings. The van der Waals surface area contributed by atoms with Crippen molar-refractivity contribution in [1.82, 2.24) is 9.88 Å². The molecule has 0 radical (unpaired) electrons. The van der Waals surface area contributed by atoms with Gasteiger partial charge in [0.05, 0.1) is 26.9 Å². The van der Waals surface area contributed by atoms with Crippen LogP contribution in [0.1, 0.15) is 47.6 Å². The van der Waals surface area contributed by atoms with Crippen LogP contribution in [0.5, 0.6) is 5.75 Å². The van der Waals surface area contributed by atoms with Gasteiger partial charge in [0.2, 0.25) is 0 Å². The van der Waals surface area contributed by atoms with Gasteiger partial charge in [-0.1, -0.05) is 11.8 Å². The van der Waals surface area contributed by atoms with Gasteiger partial charge in [-0.15, -0.1) is 11.3 Å². The van der Waals surface area contributed by atoms with Crippen molar-refractivity contribution in [3.8, 4) is 17.6 Å². The number of hydrogen-bond acceptors (Lipinski definition) is 9. The molecule has 1 saturated heterocycles. The van der Waals surface area contributed by atoms with E-state index in [4.69, 9.17) is 18.9 Å². The van der Waals surface area contributed by atoms with E-state index in [1.807, 2.05) is 44.8 Å². The summed E-state index contributed by atoms with van der Waals surface area (Å²) < 4.78 is 36.6. The zero-order valence-corrected chi connectivity index (χ0v) is 22.5. The fourth-order valence-electron chi connectivity index (χ4n) is 3.55. The van der Waals surface area contributed by atoms with E-state index in [1.165, 1.54) is 24.5 Å². The average molecular weight is 520 g/mol. The summed E-state index contributed by atoms with van der Waals surface area (Å²) in [5.41, 5.74) is 0.880. The van der Waals surface area contributed by atoms with Crippen molar-refractivity contribution in [2.75, 3.05) is 52.9 Å². The molecule has 0 N–H and O–H groups in total. The maximum Gasteiger partial charge on any atom is 0.357 e. The topological polar surface area (TPSA) is 73.4 Å². The van der Waals surface area contributed by atoms with Crippen molar-refractivity contribution in [1.29, 1.82) is 0 Å². The molecule has 1 aromatic heterocycles. The molecule has 8 nitrogen and oxygen atoms in total. The lowest BCUT2D eigenvalue weighted by Crippen LogP contribution is -2.47. The second kappa shape index (κ2) is 12.5. The highest BCUT2D eigenvalue weighted by atomic mass is 32.1. The summed E-state index contributed by atoms with van der Waals surface area (Å²) in [5.74, 6) is 4.45. The predicted molar refractivity (Wildman–Crippen MR) is 137 cm³/mol. The molecule has 36 heavy (non-hydrogen) atoms. The van der Waals surface area contributed by atoms with Crippen LogP contribution in [0.2, 0.25) is 0 Å². The number of aromatic nitrogens is 1. The molecule has 0 aliphatic carbocycles. The number of carbonyl (C=O) groups excluding carboxylic acids is 1. The molecule has 1 aromatic carbocycles. The van der Waals surface area contributed by atoms with Gasteiger partial charge in [0.15, 0.2) is 28.2 Å². The molecular formula is C26H34FN3O5S. The largest absolute Gasteiger partial charge is 0.491 e. The maximum atomic E-state index is 14.4. The fraction of sp³-hybridized carbons (Fsp3) is 0.538. The van der Waals surface area contributed by atoms with Gasteiger partial charge in [-0.05, 0) is 59.0 Å². The van der Waals surface area contributed by atoms with Crippen LogP contribution >= 0.6 is 11.3 Å². The average Bonchev–Trinajstić information content (AvgIpc) is 3.25. The molecule has 2 aromatic rings. The number of benzene rings is 1. The summed E-state index contributed by atoms with van der Waals surface area (Å²) in [4.78, 5) is 21.5. The second-order valence-electron chi connectivity index (χ2n) is 9.12. The minimum Gasteiger partial charge on any atom is -0.491 e. The Kier molecular flexibility index (Phi) is 9.68. The van der Waals surface area contributed by atoms with E-state index in [2.05, 4.69) is 16.8 Å². The maximum absolute atomic E-state index is 14.4. The molecule has 0 spiro atoms. The standard InChI is InChI=1S/C26H34FN3O5S/c1-26(2)34-16-13-22(35-26)30(5)25-28-23(24(31)32-6)21(36-25)10-8-15-33-20-12-11-18(17-19(20)27)9-7-14-29(3)4/h11-12,17,22H,8,10,13-16H2,1-6H3. The number of esters is 1. The smallest absolute Gasteiger partial charge is 0.357 e. The van der Waals surface area contributed by atoms with E-state index in [1.54, 1.807) is 12.1 Å². The highest BCUT2D eigenvalue weighted by molar-refractivity contribution is 7.15. The molecule has 0 bridgehead atoms. The predicted octanol–water partition coefficient (Wildman–Crippen LogP) is 3.93. The third-order valence-electron chi connectivity index (χ3n) is 5.40. The van der Waals surface area contributed by atoms with Crippen molar-refractivity contribution in [2.45, 2.75) is 45.1 Å². The minimum absolute atomic E-state index is 0.172. The third-order valence-corrected chi connectivity index (χ3v) is 6.60. The molecule has 1 unspecified atom stereocenters. The van der Waals surface area contributed by atoms with Gasteiger partial charge in [0.25, 0.3) is 0 Å². The number of carbonyl (C=O) groups is 1. The first kappa shape index (κ1) is 27.9. The van der Waals surface area contributed by atoms with Gasteiger partial charge in [0, 0.05) is 23.9 Å². The SMILES string of the molecule is COC(=O)c1nc(N(C)C2CCOC(C)(C)O2)sc1CCCOc1ccc(C#CCN(C)C)cc1F. The lowest BCUT2D eigenvalue weighted by Gasteiger charge is -2.39. The molecule has 0 saturated carbocycles. The number of hydrogen-bond donors (Lipinski definition) is 0. The van der Waals surface area contributed by atoms with Crippen molar-refractivity contribution in [2.24, 2.45) is 0 Å². The minimum atomic E-state index is -0.688. The Morgan fingerprint density at radius 1 is 1.33 bits per heavy atom. The van der Waals surface area contributed by atoms with Crippen LogP contribution in [0, 0.1) is 17.7 Å². The van der Waals surface area contributed by atoms with Crippen LogP contribution in [0.4, 0.5) is 9.52 Å². The molecule has 1 atom stereocenters. The molecule has 1 aliphatic heterocycles. The summed E-state index contributed by atoms with van der Waals surface area (Å²) in [6.45, 7) is 5.19. The molecule has 3 rings (SSSR count). The Labute approximate surface area is 216 Å². The zero-order chi connectivity index (χ0) is 26.3. The summed E-state index contributed by atoms with van der Waals surface area (Å²) in [5, 5.41) is 0.658. The van der Waals surface area contributed by atoms with E-state index in [9.17, 15) is 9.18 Å². The Hall–Kier alpha value is -2.71. The summed E-state index contributed by atoms with van der Waals surface area (Å²) >= 11 is 1.41. The number of methoxy groups -OCH3 is 1. The Morgan fingerprint density at radius 2 is 2.11 bits per heavy atom. The molecular weight excluding hydrogens is 485 g/mol. The highest BCUT2D eigenvalue weighted by Gasteiger charge is 2.33. The first-order valence-corrected chi connectivity index (χ1v) is 12.6. The monoisotopic (exact) mass is 519 g/mol. The Balaban J connectivity index is 1.61. The van der Waals surface area contributed by atoms with Crippen LogP contribution in [0.15, 0.2) is 18.2 Å². The van der Waals surface area contributed by atoms with Crippen molar-refractivity contribution < 1.29 is 28.1 Å². The molecule has 10 heteroatoms.